The molecule has 0 aliphatic carbocycles. The van der Waals surface area contributed by atoms with Gasteiger partial charge in [0.25, 0.3) is 0 Å². The summed E-state index contributed by atoms with van der Waals surface area (Å²) in [4.78, 5) is 17.6. The van der Waals surface area contributed by atoms with E-state index < -0.39 is 23.8 Å². The van der Waals surface area contributed by atoms with Gasteiger partial charge in [0.1, 0.15) is 23.5 Å². The number of aliphatic hydroxyl groups is 1. The number of aromatic nitrogens is 2. The molecule has 1 unspecified atom stereocenters. The SMILES string of the molecule is C[Si](C)(C)CCOCn1cc(-c2ccc3occc3c2)nc1CCCO[SiH2]C(=O)C(CO)c1ccccc1. The molecule has 0 saturated carbocycles. The number of nitrogens with zero attached hydrogens (tertiary/aromatic N) is 2. The number of rotatable bonds is 15. The number of carbonyl (C=O) groups is 1. The molecule has 4 rings (SSSR count). The van der Waals surface area contributed by atoms with E-state index in [1.807, 2.05) is 48.5 Å². The number of hydrogen-bond acceptors (Lipinski definition) is 6. The zero-order valence-corrected chi connectivity index (χ0v) is 25.0. The maximum absolute atomic E-state index is 12.7. The molecule has 0 aliphatic rings. The maximum Gasteiger partial charge on any atom is 0.235 e. The van der Waals surface area contributed by atoms with Crippen LogP contribution in [0.3, 0.4) is 0 Å². The molecule has 0 saturated heterocycles. The Morgan fingerprint density at radius 2 is 1.95 bits per heavy atom. The van der Waals surface area contributed by atoms with Gasteiger partial charge in [0.05, 0.1) is 24.5 Å². The van der Waals surface area contributed by atoms with Crippen LogP contribution in [-0.2, 0) is 27.1 Å². The first-order valence-corrected chi connectivity index (χ1v) is 18.2. The van der Waals surface area contributed by atoms with Crippen molar-refractivity contribution in [2.75, 3.05) is 19.8 Å². The minimum atomic E-state index is -1.41. The Balaban J connectivity index is 1.35. The van der Waals surface area contributed by atoms with Crippen molar-refractivity contribution in [3.63, 3.8) is 0 Å². The van der Waals surface area contributed by atoms with Crippen molar-refractivity contribution in [1.82, 2.24) is 9.55 Å². The van der Waals surface area contributed by atoms with Crippen LogP contribution in [0.2, 0.25) is 25.7 Å². The van der Waals surface area contributed by atoms with Crippen LogP contribution >= 0.6 is 0 Å². The molecule has 38 heavy (non-hydrogen) atoms. The lowest BCUT2D eigenvalue weighted by Crippen LogP contribution is -2.24. The number of aryl methyl sites for hydroxylation is 1. The number of fused-ring (bicyclic) bond motifs is 1. The summed E-state index contributed by atoms with van der Waals surface area (Å²) in [6.07, 6.45) is 5.22. The molecule has 202 valence electrons. The van der Waals surface area contributed by atoms with Gasteiger partial charge < -0.3 is 28.0 Å². The van der Waals surface area contributed by atoms with Crippen molar-refractivity contribution < 1.29 is 23.5 Å². The van der Waals surface area contributed by atoms with Crippen molar-refractivity contribution >= 4 is 34.2 Å². The first-order chi connectivity index (χ1) is 18.3. The highest BCUT2D eigenvalue weighted by Gasteiger charge is 2.20. The standard InChI is InChI=1S/C29H38N2O5Si2/c1-38(2,3)17-16-34-21-31-19-26(23-11-12-27-24(18-23)13-15-35-27)30-28(31)10-7-14-36-37-29(33)25(20-32)22-8-5-4-6-9-22/h4-6,8-9,11-13,15,18-19,25,32H,7,10,14,16-17,20-21,37H2,1-3H3. The summed E-state index contributed by atoms with van der Waals surface area (Å²) in [5, 5.41) is 10.8. The van der Waals surface area contributed by atoms with Gasteiger partial charge in [-0.3, -0.25) is 0 Å². The van der Waals surface area contributed by atoms with Gasteiger partial charge in [-0.2, -0.15) is 0 Å². The van der Waals surface area contributed by atoms with Crippen LogP contribution in [0, 0.1) is 0 Å². The molecule has 9 heteroatoms. The van der Waals surface area contributed by atoms with Crippen molar-refractivity contribution in [2.24, 2.45) is 0 Å². The van der Waals surface area contributed by atoms with Crippen LogP contribution in [0.4, 0.5) is 0 Å². The highest BCUT2D eigenvalue weighted by molar-refractivity contribution is 6.76. The van der Waals surface area contributed by atoms with Crippen molar-refractivity contribution in [2.45, 2.75) is 51.2 Å². The lowest BCUT2D eigenvalue weighted by Gasteiger charge is -2.16. The number of carbonyl (C=O) groups excluding carboxylic acids is 1. The lowest BCUT2D eigenvalue weighted by atomic mass is 10.0. The quantitative estimate of drug-likeness (QED) is 0.167. The van der Waals surface area contributed by atoms with Gasteiger partial charge in [-0.15, -0.1) is 0 Å². The summed E-state index contributed by atoms with van der Waals surface area (Å²) >= 11 is 0. The van der Waals surface area contributed by atoms with Gasteiger partial charge in [0.2, 0.25) is 9.76 Å². The molecule has 1 atom stereocenters. The normalized spacial score (nSPS) is 13.1. The summed E-state index contributed by atoms with van der Waals surface area (Å²) in [7, 11) is -2.58. The fourth-order valence-corrected chi connectivity index (χ4v) is 6.13. The summed E-state index contributed by atoms with van der Waals surface area (Å²) in [6.45, 7) is 8.55. The Morgan fingerprint density at radius 3 is 2.71 bits per heavy atom. The molecule has 2 heterocycles. The van der Waals surface area contributed by atoms with Gasteiger partial charge in [0.15, 0.2) is 0 Å². The number of benzene rings is 2. The number of hydrogen-bond donors (Lipinski definition) is 1. The van der Waals surface area contributed by atoms with Crippen molar-refractivity contribution in [1.29, 1.82) is 0 Å². The van der Waals surface area contributed by atoms with E-state index in [1.165, 1.54) is 0 Å². The van der Waals surface area contributed by atoms with Crippen LogP contribution in [0.15, 0.2) is 71.5 Å². The predicted octanol–water partition coefficient (Wildman–Crippen LogP) is 4.94. The zero-order chi connectivity index (χ0) is 27.0. The minimum absolute atomic E-state index is 0.0212. The average molecular weight is 551 g/mol. The lowest BCUT2D eigenvalue weighted by molar-refractivity contribution is -0.115. The van der Waals surface area contributed by atoms with Gasteiger partial charge in [0, 0.05) is 44.9 Å². The van der Waals surface area contributed by atoms with Gasteiger partial charge >= 0.3 is 0 Å². The second-order valence-electron chi connectivity index (χ2n) is 10.8. The maximum atomic E-state index is 12.7. The summed E-state index contributed by atoms with van der Waals surface area (Å²) in [6, 6.07) is 18.6. The smallest absolute Gasteiger partial charge is 0.235 e. The Hall–Kier alpha value is -2.83. The molecule has 2 aromatic heterocycles. The Kier molecular flexibility index (Phi) is 9.87. The Labute approximate surface area is 227 Å². The van der Waals surface area contributed by atoms with E-state index in [0.717, 1.165) is 59.1 Å². The third kappa shape index (κ3) is 7.84. The topological polar surface area (TPSA) is 86.7 Å². The average Bonchev–Trinajstić information content (AvgIpc) is 3.53. The largest absolute Gasteiger partial charge is 0.464 e. The van der Waals surface area contributed by atoms with Crippen LogP contribution in [-0.4, -0.2) is 57.7 Å². The summed E-state index contributed by atoms with van der Waals surface area (Å²) in [5.41, 5.74) is 3.63. The van der Waals surface area contributed by atoms with Crippen LogP contribution in [0.5, 0.6) is 0 Å². The highest BCUT2D eigenvalue weighted by Crippen LogP contribution is 2.25. The molecule has 4 aromatic rings. The van der Waals surface area contributed by atoms with E-state index in [-0.39, 0.29) is 12.0 Å². The third-order valence-corrected chi connectivity index (χ3v) is 9.51. The zero-order valence-electron chi connectivity index (χ0n) is 22.6. The van der Waals surface area contributed by atoms with E-state index in [0.29, 0.717) is 13.3 Å². The van der Waals surface area contributed by atoms with E-state index in [1.54, 1.807) is 6.26 Å². The highest BCUT2D eigenvalue weighted by atomic mass is 28.3. The molecule has 0 bridgehead atoms. The second-order valence-corrected chi connectivity index (χ2v) is 17.8. The number of imidazole rings is 1. The fourth-order valence-electron chi connectivity index (χ4n) is 4.26. The third-order valence-electron chi connectivity index (χ3n) is 6.54. The van der Waals surface area contributed by atoms with Gasteiger partial charge in [-0.05, 0) is 42.3 Å². The van der Waals surface area contributed by atoms with Crippen LogP contribution in [0.1, 0.15) is 23.7 Å². The number of aliphatic hydroxyl groups excluding tert-OH is 1. The molecule has 0 radical (unpaired) electrons. The first kappa shape index (κ1) is 28.2. The molecular formula is C29H38N2O5Si2. The van der Waals surface area contributed by atoms with Crippen molar-refractivity contribution in [3.8, 4) is 11.3 Å². The molecule has 0 amide bonds. The molecule has 1 N–H and O–H groups in total. The van der Waals surface area contributed by atoms with Crippen LogP contribution in [0.25, 0.3) is 22.2 Å². The Morgan fingerprint density at radius 1 is 1.13 bits per heavy atom. The van der Waals surface area contributed by atoms with Crippen molar-refractivity contribution in [3.05, 3.63) is 78.4 Å². The second kappa shape index (κ2) is 13.3. The molecular weight excluding hydrogens is 513 g/mol. The van der Waals surface area contributed by atoms with E-state index in [2.05, 4.69) is 36.5 Å². The molecule has 0 fully saturated rings. The first-order valence-electron chi connectivity index (χ1n) is 13.2. The minimum Gasteiger partial charge on any atom is -0.464 e. The summed E-state index contributed by atoms with van der Waals surface area (Å²) in [5.74, 6) is 0.444. The van der Waals surface area contributed by atoms with Gasteiger partial charge in [-0.25, -0.2) is 4.98 Å². The monoisotopic (exact) mass is 550 g/mol. The molecule has 2 aromatic carbocycles. The molecule has 7 nitrogen and oxygen atoms in total. The summed E-state index contributed by atoms with van der Waals surface area (Å²) < 4.78 is 19.4. The van der Waals surface area contributed by atoms with E-state index >= 15 is 0 Å². The van der Waals surface area contributed by atoms with Gasteiger partial charge in [-0.1, -0.05) is 50.0 Å². The predicted molar refractivity (Wildman–Crippen MR) is 156 cm³/mol. The molecule has 0 spiro atoms. The number of ether oxygens (including phenoxy) is 1. The fraction of sp³-hybridized carbons (Fsp3) is 0.379. The van der Waals surface area contributed by atoms with E-state index in [4.69, 9.17) is 18.6 Å². The molecule has 0 aliphatic heterocycles. The Bertz CT molecular complexity index is 1310. The van der Waals surface area contributed by atoms with E-state index in [9.17, 15) is 9.90 Å². The van der Waals surface area contributed by atoms with Crippen LogP contribution < -0.4 is 0 Å². The number of furan rings is 1.